The Morgan fingerprint density at radius 1 is 0.905 bits per heavy atom. The number of carbonyl (C=O) groups excluding carboxylic acids is 2. The fourth-order valence-corrected chi connectivity index (χ4v) is 2.42. The molecule has 0 bridgehead atoms. The van der Waals surface area contributed by atoms with Crippen LogP contribution in [0, 0.1) is 17.4 Å². The number of hydrogen-bond acceptors (Lipinski definition) is 2. The third-order valence-electron chi connectivity index (χ3n) is 2.95. The maximum absolute atomic E-state index is 11.9. The average molecular weight is 394 g/mol. The van der Waals surface area contributed by atoms with Crippen molar-refractivity contribution in [3.8, 4) is 0 Å². The van der Waals surface area contributed by atoms with Crippen LogP contribution in [-0.2, 0) is 9.59 Å². The van der Waals surface area contributed by atoms with Crippen LogP contribution in [0.25, 0.3) is 0 Å². The third-order valence-corrected chi connectivity index (χ3v) is 3.62. The molecule has 0 radical (unpaired) electrons. The molecular weight excluding hydrogens is 379 g/mol. The van der Waals surface area contributed by atoms with E-state index in [0.29, 0.717) is 11.4 Å². The van der Waals surface area contributed by atoms with Crippen LogP contribution in [0.3, 0.4) is 0 Å². The fourth-order valence-electron chi connectivity index (χ4n) is 1.77. The summed E-state index contributed by atoms with van der Waals surface area (Å²) in [6, 6.07) is 12.9. The first-order valence-electron chi connectivity index (χ1n) is 6.41. The number of carbonyl (C=O) groups is 2. The molecule has 2 aromatic rings. The smallest absolute Gasteiger partial charge is 0.314 e. The lowest BCUT2D eigenvalue weighted by Gasteiger charge is -2.09. The van der Waals surface area contributed by atoms with Crippen molar-refractivity contribution in [3.63, 3.8) is 0 Å². The Hall–Kier alpha value is -1.89. The molecule has 2 aromatic carbocycles. The van der Waals surface area contributed by atoms with Crippen LogP contribution in [0.5, 0.6) is 0 Å². The molecule has 0 unspecified atom stereocenters. The summed E-state index contributed by atoms with van der Waals surface area (Å²) in [6.07, 6.45) is 0. The molecule has 0 heterocycles. The first-order chi connectivity index (χ1) is 9.95. The molecule has 2 amide bonds. The first kappa shape index (κ1) is 15.5. The molecule has 0 aliphatic carbocycles. The molecule has 108 valence electrons. The quantitative estimate of drug-likeness (QED) is 0.605. The minimum atomic E-state index is -0.684. The second-order valence-corrected chi connectivity index (χ2v) is 5.98. The second-order valence-electron chi connectivity index (χ2n) is 4.73. The van der Waals surface area contributed by atoms with Gasteiger partial charge in [-0.15, -0.1) is 0 Å². The summed E-state index contributed by atoms with van der Waals surface area (Å²) in [6.45, 7) is 3.84. The van der Waals surface area contributed by atoms with Gasteiger partial charge in [0, 0.05) is 14.9 Å². The van der Waals surface area contributed by atoms with E-state index in [4.69, 9.17) is 0 Å². The van der Waals surface area contributed by atoms with Crippen LogP contribution in [0.15, 0.2) is 42.5 Å². The molecule has 0 spiro atoms. The zero-order valence-electron chi connectivity index (χ0n) is 11.7. The van der Waals surface area contributed by atoms with Gasteiger partial charge in [0.2, 0.25) is 0 Å². The summed E-state index contributed by atoms with van der Waals surface area (Å²) >= 11 is 2.19. The largest absolute Gasteiger partial charge is 0.318 e. The van der Waals surface area contributed by atoms with Crippen molar-refractivity contribution in [1.29, 1.82) is 0 Å². The summed E-state index contributed by atoms with van der Waals surface area (Å²) in [5.74, 6) is -1.36. The standard InChI is InChI=1S/C16H15IN2O2/c1-10-3-6-13(7-4-10)18-15(20)16(21)19-14-8-5-12(17)9-11(14)2/h3-9H,1-2H3,(H,18,20)(H,19,21). The predicted octanol–water partition coefficient (Wildman–Crippen LogP) is 3.49. The molecule has 0 saturated heterocycles. The highest BCUT2D eigenvalue weighted by Gasteiger charge is 2.14. The van der Waals surface area contributed by atoms with E-state index < -0.39 is 11.8 Å². The fraction of sp³-hybridized carbons (Fsp3) is 0.125. The van der Waals surface area contributed by atoms with E-state index in [0.717, 1.165) is 14.7 Å². The number of anilines is 2. The Bertz CT molecular complexity index is 681. The van der Waals surface area contributed by atoms with E-state index in [1.54, 1.807) is 18.2 Å². The third kappa shape index (κ3) is 4.29. The van der Waals surface area contributed by atoms with Crippen molar-refractivity contribution in [2.24, 2.45) is 0 Å². The summed E-state index contributed by atoms with van der Waals surface area (Å²) < 4.78 is 1.08. The number of nitrogens with one attached hydrogen (secondary N) is 2. The Morgan fingerprint density at radius 3 is 2.14 bits per heavy atom. The van der Waals surface area contributed by atoms with E-state index in [1.807, 2.05) is 38.1 Å². The van der Waals surface area contributed by atoms with Gasteiger partial charge in [-0.05, 0) is 72.3 Å². The van der Waals surface area contributed by atoms with E-state index in [9.17, 15) is 9.59 Å². The molecule has 21 heavy (non-hydrogen) atoms. The lowest BCUT2D eigenvalue weighted by Crippen LogP contribution is -2.29. The molecule has 0 saturated carbocycles. The Labute approximate surface area is 137 Å². The monoisotopic (exact) mass is 394 g/mol. The minimum absolute atomic E-state index is 0.597. The van der Waals surface area contributed by atoms with E-state index >= 15 is 0 Å². The summed E-state index contributed by atoms with van der Waals surface area (Å²) in [5.41, 5.74) is 3.24. The van der Waals surface area contributed by atoms with Gasteiger partial charge in [0.15, 0.2) is 0 Å². The number of benzene rings is 2. The number of amides is 2. The number of hydrogen-bond donors (Lipinski definition) is 2. The Balaban J connectivity index is 2.02. The van der Waals surface area contributed by atoms with Crippen molar-refractivity contribution in [2.45, 2.75) is 13.8 Å². The van der Waals surface area contributed by atoms with Crippen LogP contribution in [-0.4, -0.2) is 11.8 Å². The molecule has 0 atom stereocenters. The van der Waals surface area contributed by atoms with Gasteiger partial charge in [-0.2, -0.15) is 0 Å². The molecule has 4 nitrogen and oxygen atoms in total. The van der Waals surface area contributed by atoms with Crippen molar-refractivity contribution < 1.29 is 9.59 Å². The number of aryl methyl sites for hydroxylation is 2. The minimum Gasteiger partial charge on any atom is -0.318 e. The van der Waals surface area contributed by atoms with Gasteiger partial charge in [-0.1, -0.05) is 17.7 Å². The van der Waals surface area contributed by atoms with Gasteiger partial charge in [-0.3, -0.25) is 9.59 Å². The Kier molecular flexibility index (Phi) is 4.95. The highest BCUT2D eigenvalue weighted by atomic mass is 127. The number of rotatable bonds is 2. The molecule has 5 heteroatoms. The zero-order chi connectivity index (χ0) is 15.4. The van der Waals surface area contributed by atoms with Gasteiger partial charge in [0.1, 0.15) is 0 Å². The molecule has 0 aliphatic heterocycles. The maximum Gasteiger partial charge on any atom is 0.314 e. The average Bonchev–Trinajstić information content (AvgIpc) is 2.44. The van der Waals surface area contributed by atoms with E-state index in [-0.39, 0.29) is 0 Å². The maximum atomic E-state index is 11.9. The Morgan fingerprint density at radius 2 is 1.52 bits per heavy atom. The van der Waals surface area contributed by atoms with Crippen LogP contribution >= 0.6 is 22.6 Å². The number of halogens is 1. The van der Waals surface area contributed by atoms with Crippen molar-refractivity contribution in [3.05, 3.63) is 57.2 Å². The molecule has 2 N–H and O–H groups in total. The van der Waals surface area contributed by atoms with Gasteiger partial charge in [-0.25, -0.2) is 0 Å². The molecule has 0 aromatic heterocycles. The second kappa shape index (κ2) is 6.71. The van der Waals surface area contributed by atoms with Crippen molar-refractivity contribution >= 4 is 45.8 Å². The summed E-state index contributed by atoms with van der Waals surface area (Å²) in [4.78, 5) is 23.8. The molecule has 2 rings (SSSR count). The van der Waals surface area contributed by atoms with Crippen LogP contribution in [0.2, 0.25) is 0 Å². The SMILES string of the molecule is Cc1ccc(NC(=O)C(=O)Nc2ccc(I)cc2C)cc1. The molecule has 0 aliphatic rings. The van der Waals surface area contributed by atoms with Gasteiger partial charge < -0.3 is 10.6 Å². The van der Waals surface area contributed by atoms with Crippen LogP contribution < -0.4 is 10.6 Å². The van der Waals surface area contributed by atoms with Crippen LogP contribution in [0.1, 0.15) is 11.1 Å². The topological polar surface area (TPSA) is 58.2 Å². The lowest BCUT2D eigenvalue weighted by molar-refractivity contribution is -0.133. The zero-order valence-corrected chi connectivity index (χ0v) is 13.9. The predicted molar refractivity (Wildman–Crippen MR) is 92.3 cm³/mol. The summed E-state index contributed by atoms with van der Waals surface area (Å²) in [7, 11) is 0. The highest BCUT2D eigenvalue weighted by Crippen LogP contribution is 2.17. The van der Waals surface area contributed by atoms with Crippen LogP contribution in [0.4, 0.5) is 11.4 Å². The highest BCUT2D eigenvalue weighted by molar-refractivity contribution is 14.1. The van der Waals surface area contributed by atoms with Crippen molar-refractivity contribution in [2.75, 3.05) is 10.6 Å². The van der Waals surface area contributed by atoms with Gasteiger partial charge in [0.05, 0.1) is 0 Å². The van der Waals surface area contributed by atoms with Gasteiger partial charge >= 0.3 is 11.8 Å². The van der Waals surface area contributed by atoms with Crippen molar-refractivity contribution in [1.82, 2.24) is 0 Å². The first-order valence-corrected chi connectivity index (χ1v) is 7.49. The normalized spacial score (nSPS) is 10.0. The molecule has 0 fully saturated rings. The lowest BCUT2D eigenvalue weighted by atomic mass is 10.2. The van der Waals surface area contributed by atoms with E-state index in [1.165, 1.54) is 0 Å². The van der Waals surface area contributed by atoms with E-state index in [2.05, 4.69) is 33.2 Å². The summed E-state index contributed by atoms with van der Waals surface area (Å²) in [5, 5.41) is 5.18. The van der Waals surface area contributed by atoms with Gasteiger partial charge in [0.25, 0.3) is 0 Å². The molecular formula is C16H15IN2O2.